The monoisotopic (exact) mass is 457 g/mol. The number of piperidine rings is 1. The van der Waals surface area contributed by atoms with Crippen LogP contribution in [-0.4, -0.2) is 40.7 Å². The van der Waals surface area contributed by atoms with Crippen LogP contribution in [0.2, 0.25) is 0 Å². The van der Waals surface area contributed by atoms with Crippen LogP contribution in [0.1, 0.15) is 50.6 Å². The lowest BCUT2D eigenvalue weighted by Gasteiger charge is -2.33. The van der Waals surface area contributed by atoms with Crippen LogP contribution in [0.5, 0.6) is 0 Å². The van der Waals surface area contributed by atoms with Gasteiger partial charge in [-0.15, -0.1) is 0 Å². The first-order chi connectivity index (χ1) is 15.6. The molecule has 0 saturated carbocycles. The molecule has 0 radical (unpaired) electrons. The number of benzene rings is 2. The zero-order valence-corrected chi connectivity index (χ0v) is 17.5. The van der Waals surface area contributed by atoms with Gasteiger partial charge in [0.25, 0.3) is 11.8 Å². The lowest BCUT2D eigenvalue weighted by atomic mass is 9.85. The molecule has 7 nitrogen and oxygen atoms in total. The van der Waals surface area contributed by atoms with E-state index in [9.17, 15) is 22.8 Å². The van der Waals surface area contributed by atoms with Gasteiger partial charge in [0.15, 0.2) is 5.96 Å². The summed E-state index contributed by atoms with van der Waals surface area (Å²) >= 11 is 0. The average molecular weight is 457 g/mol. The van der Waals surface area contributed by atoms with Crippen LogP contribution >= 0.6 is 0 Å². The van der Waals surface area contributed by atoms with E-state index in [0.717, 1.165) is 17.0 Å². The number of carbonyl (C=O) groups is 2. The number of nitrogens with one attached hydrogen (secondary N) is 1. The van der Waals surface area contributed by atoms with Gasteiger partial charge in [-0.2, -0.15) is 18.2 Å². The highest BCUT2D eigenvalue weighted by molar-refractivity contribution is 6.02. The van der Waals surface area contributed by atoms with E-state index < -0.39 is 29.5 Å². The SMILES string of the molecule is NC(N)=NC(=O)c1ccc(C2CCN(C(=O)c3ccc4[nH]ccc4c3)CC2)c(C(F)(F)F)c1. The highest BCUT2D eigenvalue weighted by Crippen LogP contribution is 2.39. The van der Waals surface area contributed by atoms with Crippen molar-refractivity contribution in [3.05, 3.63) is 70.9 Å². The maximum Gasteiger partial charge on any atom is 0.416 e. The van der Waals surface area contributed by atoms with Gasteiger partial charge in [-0.25, -0.2) is 0 Å². The molecule has 0 bridgehead atoms. The minimum absolute atomic E-state index is 0.101. The van der Waals surface area contributed by atoms with Crippen molar-refractivity contribution < 1.29 is 22.8 Å². The van der Waals surface area contributed by atoms with Gasteiger partial charge in [0.1, 0.15) is 0 Å². The molecule has 33 heavy (non-hydrogen) atoms. The second-order valence-electron chi connectivity index (χ2n) is 7.99. The summed E-state index contributed by atoms with van der Waals surface area (Å²) in [6.07, 6.45) is -2.11. The Morgan fingerprint density at radius 3 is 2.36 bits per heavy atom. The molecule has 1 saturated heterocycles. The topological polar surface area (TPSA) is 118 Å². The van der Waals surface area contributed by atoms with Crippen molar-refractivity contribution in [2.24, 2.45) is 16.5 Å². The van der Waals surface area contributed by atoms with Crippen molar-refractivity contribution in [2.45, 2.75) is 24.9 Å². The molecule has 2 aromatic carbocycles. The van der Waals surface area contributed by atoms with Crippen molar-refractivity contribution in [1.29, 1.82) is 0 Å². The number of likely N-dealkylation sites (tertiary alicyclic amines) is 1. The number of fused-ring (bicyclic) bond motifs is 1. The fraction of sp³-hybridized carbons (Fsp3) is 0.261. The Balaban J connectivity index is 1.52. The standard InChI is InChI=1S/C23H22F3N5O2/c24-23(25,26)18-12-15(20(32)30-22(27)28)1-3-17(18)13-6-9-31(10-7-13)21(33)16-2-4-19-14(11-16)5-8-29-19/h1-5,8,11-13,29H,6-7,9-10H2,(H4,27,28,30,32). The fourth-order valence-corrected chi connectivity index (χ4v) is 4.24. The maximum atomic E-state index is 13.8. The third-order valence-corrected chi connectivity index (χ3v) is 5.86. The van der Waals surface area contributed by atoms with Gasteiger partial charge in [-0.05, 0) is 60.7 Å². The Labute approximate surface area is 187 Å². The van der Waals surface area contributed by atoms with Crippen LogP contribution in [0.25, 0.3) is 10.9 Å². The first-order valence-corrected chi connectivity index (χ1v) is 10.3. The number of carbonyl (C=O) groups excluding carboxylic acids is 2. The lowest BCUT2D eigenvalue weighted by Crippen LogP contribution is -2.38. The van der Waals surface area contributed by atoms with E-state index in [1.54, 1.807) is 23.2 Å². The molecular formula is C23H22F3N5O2. The first kappa shape index (κ1) is 22.4. The van der Waals surface area contributed by atoms with Gasteiger partial charge < -0.3 is 21.4 Å². The van der Waals surface area contributed by atoms with Gasteiger partial charge >= 0.3 is 6.18 Å². The second kappa shape index (κ2) is 8.61. The van der Waals surface area contributed by atoms with Crippen molar-refractivity contribution in [3.63, 3.8) is 0 Å². The molecule has 0 unspecified atom stereocenters. The van der Waals surface area contributed by atoms with Crippen LogP contribution in [0.4, 0.5) is 13.2 Å². The molecule has 0 aliphatic carbocycles. The van der Waals surface area contributed by atoms with E-state index in [4.69, 9.17) is 11.5 Å². The summed E-state index contributed by atoms with van der Waals surface area (Å²) in [5.41, 5.74) is 10.7. The van der Waals surface area contributed by atoms with Gasteiger partial charge in [-0.1, -0.05) is 6.07 Å². The van der Waals surface area contributed by atoms with Crippen LogP contribution in [0.15, 0.2) is 53.7 Å². The van der Waals surface area contributed by atoms with E-state index >= 15 is 0 Å². The van der Waals surface area contributed by atoms with Gasteiger partial charge in [-0.3, -0.25) is 9.59 Å². The largest absolute Gasteiger partial charge is 0.416 e. The number of hydrogen-bond acceptors (Lipinski definition) is 2. The Morgan fingerprint density at radius 2 is 1.70 bits per heavy atom. The van der Waals surface area contributed by atoms with Gasteiger partial charge in [0.05, 0.1) is 5.56 Å². The quantitative estimate of drug-likeness (QED) is 0.411. The predicted molar refractivity (Wildman–Crippen MR) is 118 cm³/mol. The van der Waals surface area contributed by atoms with Crippen molar-refractivity contribution in [3.8, 4) is 0 Å². The summed E-state index contributed by atoms with van der Waals surface area (Å²) in [4.78, 5) is 32.9. The summed E-state index contributed by atoms with van der Waals surface area (Å²) in [5, 5.41) is 0.918. The van der Waals surface area contributed by atoms with Crippen molar-refractivity contribution in [2.75, 3.05) is 13.1 Å². The summed E-state index contributed by atoms with van der Waals surface area (Å²) < 4.78 is 41.3. The summed E-state index contributed by atoms with van der Waals surface area (Å²) in [7, 11) is 0. The molecular weight excluding hydrogens is 435 g/mol. The molecule has 2 amide bonds. The van der Waals surface area contributed by atoms with Crippen LogP contribution in [0.3, 0.4) is 0 Å². The number of aromatic nitrogens is 1. The number of halogens is 3. The van der Waals surface area contributed by atoms with E-state index in [1.807, 2.05) is 12.1 Å². The molecule has 1 aliphatic heterocycles. The molecule has 1 aromatic heterocycles. The third kappa shape index (κ3) is 4.69. The average Bonchev–Trinajstić information content (AvgIpc) is 3.25. The Bertz CT molecular complexity index is 1240. The molecule has 4 rings (SSSR count). The molecule has 0 atom stereocenters. The third-order valence-electron chi connectivity index (χ3n) is 5.86. The summed E-state index contributed by atoms with van der Waals surface area (Å²) in [6.45, 7) is 0.668. The minimum atomic E-state index is -4.65. The Morgan fingerprint density at radius 1 is 1.00 bits per heavy atom. The van der Waals surface area contributed by atoms with Crippen molar-refractivity contribution >= 4 is 28.7 Å². The zero-order chi connectivity index (χ0) is 23.8. The Hall–Kier alpha value is -3.82. The molecule has 10 heteroatoms. The summed E-state index contributed by atoms with van der Waals surface area (Å²) in [6, 6.07) is 10.6. The van der Waals surface area contributed by atoms with Crippen LogP contribution < -0.4 is 11.5 Å². The molecule has 1 aliphatic rings. The minimum Gasteiger partial charge on any atom is -0.370 e. The van der Waals surface area contributed by atoms with Crippen LogP contribution in [-0.2, 0) is 6.18 Å². The zero-order valence-electron chi connectivity index (χ0n) is 17.5. The number of nitrogens with zero attached hydrogens (tertiary/aromatic N) is 2. The molecule has 3 aromatic rings. The number of hydrogen-bond donors (Lipinski definition) is 3. The molecule has 1 fully saturated rings. The smallest absolute Gasteiger partial charge is 0.370 e. The number of aromatic amines is 1. The van der Waals surface area contributed by atoms with E-state index in [0.29, 0.717) is 31.5 Å². The Kier molecular flexibility index (Phi) is 5.84. The maximum absolute atomic E-state index is 13.8. The fourth-order valence-electron chi connectivity index (χ4n) is 4.24. The normalized spacial score (nSPS) is 14.9. The van der Waals surface area contributed by atoms with E-state index in [-0.39, 0.29) is 17.0 Å². The molecule has 172 valence electrons. The number of amides is 2. The van der Waals surface area contributed by atoms with Crippen LogP contribution in [0, 0.1) is 0 Å². The second-order valence-corrected chi connectivity index (χ2v) is 7.99. The van der Waals surface area contributed by atoms with E-state index in [1.165, 1.54) is 12.1 Å². The molecule has 0 spiro atoms. The highest BCUT2D eigenvalue weighted by Gasteiger charge is 2.37. The number of alkyl halides is 3. The highest BCUT2D eigenvalue weighted by atomic mass is 19.4. The number of nitrogens with two attached hydrogens (primary N) is 2. The molecule has 5 N–H and O–H groups in total. The predicted octanol–water partition coefficient (Wildman–Crippen LogP) is 3.62. The number of rotatable bonds is 3. The first-order valence-electron chi connectivity index (χ1n) is 10.3. The van der Waals surface area contributed by atoms with E-state index in [2.05, 4.69) is 9.98 Å². The number of guanidine groups is 1. The lowest BCUT2D eigenvalue weighted by molar-refractivity contribution is -0.138. The molecule has 2 heterocycles. The van der Waals surface area contributed by atoms with Gasteiger partial charge in [0, 0.05) is 41.3 Å². The number of aliphatic imine (C=N–C) groups is 1. The van der Waals surface area contributed by atoms with Crippen molar-refractivity contribution in [1.82, 2.24) is 9.88 Å². The summed E-state index contributed by atoms with van der Waals surface area (Å²) in [5.74, 6) is -2.01. The number of H-pyrrole nitrogens is 1. The van der Waals surface area contributed by atoms with Gasteiger partial charge in [0.2, 0.25) is 0 Å².